The molecule has 30 heavy (non-hydrogen) atoms. The van der Waals surface area contributed by atoms with Crippen molar-refractivity contribution in [3.8, 4) is 5.69 Å². The molecular formula is C23H30FN3O3. The van der Waals surface area contributed by atoms with Gasteiger partial charge in [0.2, 0.25) is 0 Å². The molecule has 0 amide bonds. The van der Waals surface area contributed by atoms with Crippen LogP contribution in [0.3, 0.4) is 0 Å². The second kappa shape index (κ2) is 8.98. The maximum absolute atomic E-state index is 13.3. The molecule has 0 radical (unpaired) electrons. The summed E-state index contributed by atoms with van der Waals surface area (Å²) in [5.41, 5.74) is -0.0613. The Morgan fingerprint density at radius 2 is 1.83 bits per heavy atom. The molecule has 1 fully saturated rings. The maximum atomic E-state index is 13.3. The normalized spacial score (nSPS) is 19.4. The van der Waals surface area contributed by atoms with E-state index in [1.807, 2.05) is 13.8 Å². The number of hydrogen-bond acceptors (Lipinski definition) is 5. The first-order chi connectivity index (χ1) is 14.2. The van der Waals surface area contributed by atoms with E-state index in [4.69, 9.17) is 4.74 Å². The Balaban J connectivity index is 1.88. The molecule has 0 bridgehead atoms. The molecular weight excluding hydrogens is 385 g/mol. The number of ketones is 1. The average Bonchev–Trinajstić information content (AvgIpc) is 3.12. The molecule has 1 heterocycles. The lowest BCUT2D eigenvalue weighted by atomic mass is 9.76. The molecule has 7 heteroatoms. The van der Waals surface area contributed by atoms with Crippen molar-refractivity contribution in [3.63, 3.8) is 0 Å². The molecule has 162 valence electrons. The lowest BCUT2D eigenvalue weighted by Crippen LogP contribution is -2.45. The predicted molar refractivity (Wildman–Crippen MR) is 113 cm³/mol. The van der Waals surface area contributed by atoms with Crippen LogP contribution in [0, 0.1) is 17.7 Å². The first-order valence-electron chi connectivity index (χ1n) is 10.6. The number of hydrogen-bond donors (Lipinski definition) is 1. The summed E-state index contributed by atoms with van der Waals surface area (Å²) in [6.45, 7) is 7.81. The van der Waals surface area contributed by atoms with Crippen LogP contribution in [0.5, 0.6) is 0 Å². The van der Waals surface area contributed by atoms with Gasteiger partial charge in [0.25, 0.3) is 0 Å². The van der Waals surface area contributed by atoms with Crippen LogP contribution >= 0.6 is 0 Å². The number of nitrogens with one attached hydrogen (secondary N) is 1. The Labute approximate surface area is 176 Å². The van der Waals surface area contributed by atoms with Gasteiger partial charge in [-0.05, 0) is 63.8 Å². The molecule has 1 aromatic carbocycles. The van der Waals surface area contributed by atoms with E-state index in [1.165, 1.54) is 23.0 Å². The fraction of sp³-hybridized carbons (Fsp3) is 0.522. The minimum atomic E-state index is -0.894. The fourth-order valence-electron chi connectivity index (χ4n) is 3.94. The van der Waals surface area contributed by atoms with Crippen LogP contribution in [-0.4, -0.2) is 33.7 Å². The molecule has 0 spiro atoms. The van der Waals surface area contributed by atoms with Crippen LogP contribution in [0.15, 0.2) is 30.5 Å². The van der Waals surface area contributed by atoms with E-state index in [1.54, 1.807) is 19.1 Å². The molecule has 0 saturated heterocycles. The van der Waals surface area contributed by atoms with E-state index in [0.717, 1.165) is 25.7 Å². The quantitative estimate of drug-likeness (QED) is 0.659. The number of halogens is 1. The second-order valence-corrected chi connectivity index (χ2v) is 8.60. The van der Waals surface area contributed by atoms with Gasteiger partial charge in [0.15, 0.2) is 11.6 Å². The average molecular weight is 416 g/mol. The zero-order valence-electron chi connectivity index (χ0n) is 18.1. The molecule has 6 nitrogen and oxygen atoms in total. The number of ether oxygens (including phenoxy) is 1. The summed E-state index contributed by atoms with van der Waals surface area (Å²) in [6, 6.07) is 5.79. The molecule has 1 aromatic heterocycles. The lowest BCUT2D eigenvalue weighted by molar-refractivity contribution is -0.127. The zero-order chi connectivity index (χ0) is 21.9. The van der Waals surface area contributed by atoms with Crippen molar-refractivity contribution in [2.75, 3.05) is 11.9 Å². The molecule has 3 rings (SSSR count). The number of carbonyl (C=O) groups excluding carboxylic acids is 2. The number of carbonyl (C=O) groups is 2. The summed E-state index contributed by atoms with van der Waals surface area (Å²) in [7, 11) is 0. The highest BCUT2D eigenvalue weighted by atomic mass is 19.1. The second-order valence-electron chi connectivity index (χ2n) is 8.60. The van der Waals surface area contributed by atoms with Gasteiger partial charge in [-0.3, -0.25) is 4.79 Å². The zero-order valence-corrected chi connectivity index (χ0v) is 18.1. The number of benzene rings is 1. The molecule has 1 aliphatic rings. The van der Waals surface area contributed by atoms with Crippen molar-refractivity contribution in [2.24, 2.45) is 11.8 Å². The van der Waals surface area contributed by atoms with E-state index in [0.29, 0.717) is 11.6 Å². The van der Waals surface area contributed by atoms with Crippen molar-refractivity contribution in [3.05, 3.63) is 41.8 Å². The monoisotopic (exact) mass is 415 g/mol. The van der Waals surface area contributed by atoms with Gasteiger partial charge < -0.3 is 10.1 Å². The van der Waals surface area contributed by atoms with Crippen molar-refractivity contribution >= 4 is 17.6 Å². The van der Waals surface area contributed by atoms with E-state index in [9.17, 15) is 14.0 Å². The van der Waals surface area contributed by atoms with Gasteiger partial charge in [-0.2, -0.15) is 0 Å². The van der Waals surface area contributed by atoms with Gasteiger partial charge in [-0.25, -0.2) is 13.9 Å². The number of esters is 1. The summed E-state index contributed by atoms with van der Waals surface area (Å²) >= 11 is 0. The minimum Gasteiger partial charge on any atom is -0.462 e. The van der Waals surface area contributed by atoms with Gasteiger partial charge >= 0.3 is 5.97 Å². The smallest absolute Gasteiger partial charge is 0.343 e. The lowest BCUT2D eigenvalue weighted by Gasteiger charge is -2.33. The van der Waals surface area contributed by atoms with Gasteiger partial charge in [-0.1, -0.05) is 19.8 Å². The Kier molecular flexibility index (Phi) is 6.58. The summed E-state index contributed by atoms with van der Waals surface area (Å²) in [4.78, 5) is 25.7. The van der Waals surface area contributed by atoms with Crippen molar-refractivity contribution in [1.29, 1.82) is 0 Å². The number of anilines is 1. The molecule has 1 N–H and O–H groups in total. The number of rotatable bonds is 7. The van der Waals surface area contributed by atoms with E-state index >= 15 is 0 Å². The maximum Gasteiger partial charge on any atom is 0.343 e. The van der Waals surface area contributed by atoms with Crippen molar-refractivity contribution in [2.45, 2.75) is 58.9 Å². The predicted octanol–water partition coefficient (Wildman–Crippen LogP) is 4.77. The van der Waals surface area contributed by atoms with Crippen LogP contribution in [0.4, 0.5) is 10.2 Å². The van der Waals surface area contributed by atoms with Gasteiger partial charge in [0, 0.05) is 12.1 Å². The number of nitrogens with zero attached hydrogens (tertiary/aromatic N) is 2. The Morgan fingerprint density at radius 1 is 1.20 bits per heavy atom. The molecule has 0 atom stereocenters. The molecule has 2 aromatic rings. The van der Waals surface area contributed by atoms with Crippen molar-refractivity contribution in [1.82, 2.24) is 9.78 Å². The van der Waals surface area contributed by atoms with Crippen LogP contribution < -0.4 is 5.32 Å². The summed E-state index contributed by atoms with van der Waals surface area (Å²) in [6.07, 6.45) is 5.43. The third-order valence-electron chi connectivity index (χ3n) is 5.73. The first kappa shape index (κ1) is 22.0. The number of aromatic nitrogens is 2. The van der Waals surface area contributed by atoms with Gasteiger partial charge in [-0.15, -0.1) is 5.10 Å². The molecule has 1 saturated carbocycles. The summed E-state index contributed by atoms with van der Waals surface area (Å²) in [5, 5.41) is 7.65. The van der Waals surface area contributed by atoms with Crippen LogP contribution in [0.1, 0.15) is 63.7 Å². The third kappa shape index (κ3) is 4.89. The van der Waals surface area contributed by atoms with Gasteiger partial charge in [0.05, 0.1) is 17.8 Å². The van der Waals surface area contributed by atoms with Crippen molar-refractivity contribution < 1.29 is 18.7 Å². The third-order valence-corrected chi connectivity index (χ3v) is 5.73. The largest absolute Gasteiger partial charge is 0.462 e. The Bertz CT molecular complexity index is 897. The Hall–Kier alpha value is -2.70. The Morgan fingerprint density at radius 3 is 2.43 bits per heavy atom. The van der Waals surface area contributed by atoms with Gasteiger partial charge in [0.1, 0.15) is 11.4 Å². The van der Waals surface area contributed by atoms with E-state index in [-0.39, 0.29) is 35.5 Å². The highest BCUT2D eigenvalue weighted by Gasteiger charge is 2.36. The van der Waals surface area contributed by atoms with E-state index < -0.39 is 11.5 Å². The standard InChI is InChI=1S/C23H30FN3O3/c1-5-30-22(29)19-14-27(18-12-10-17(24)11-13-18)26-21(19)25-23(3,4)20(28)16-8-6-15(2)7-9-16/h10-16H,5-9H2,1-4H3,(H,25,26). The van der Waals surface area contributed by atoms with Crippen LogP contribution in [0.2, 0.25) is 0 Å². The summed E-state index contributed by atoms with van der Waals surface area (Å²) in [5.74, 6) is 0.188. The number of Topliss-reactive ketones (excluding diaryl/α,β-unsaturated/α-hetero) is 1. The fourth-order valence-corrected chi connectivity index (χ4v) is 3.94. The minimum absolute atomic E-state index is 0.00827. The molecule has 1 aliphatic carbocycles. The topological polar surface area (TPSA) is 73.2 Å². The molecule has 0 aliphatic heterocycles. The molecule has 0 unspecified atom stereocenters. The highest BCUT2D eigenvalue weighted by Crippen LogP contribution is 2.33. The first-order valence-corrected chi connectivity index (χ1v) is 10.6. The van der Waals surface area contributed by atoms with E-state index in [2.05, 4.69) is 17.3 Å². The highest BCUT2D eigenvalue weighted by molar-refractivity contribution is 5.97. The SMILES string of the molecule is CCOC(=O)c1cn(-c2ccc(F)cc2)nc1NC(C)(C)C(=O)C1CCC(C)CC1. The van der Waals surface area contributed by atoms with Crippen LogP contribution in [-0.2, 0) is 9.53 Å². The van der Waals surface area contributed by atoms with Crippen LogP contribution in [0.25, 0.3) is 5.69 Å². The summed E-state index contributed by atoms with van der Waals surface area (Å²) < 4.78 is 19.9.